The highest BCUT2D eigenvalue weighted by molar-refractivity contribution is 9.09. The van der Waals surface area contributed by atoms with Crippen LogP contribution in [-0.4, -0.2) is 31.3 Å². The average molecular weight is 267 g/mol. The Morgan fingerprint density at radius 3 is 2.36 bits per heavy atom. The van der Waals surface area contributed by atoms with Crippen molar-refractivity contribution in [2.24, 2.45) is 0 Å². The van der Waals surface area contributed by atoms with Gasteiger partial charge in [0, 0.05) is 25.7 Å². The molecule has 0 atom stereocenters. The molecule has 2 nitrogen and oxygen atoms in total. The summed E-state index contributed by atoms with van der Waals surface area (Å²) in [5.74, 6) is 0. The van der Waals surface area contributed by atoms with Crippen LogP contribution in [-0.2, 0) is 9.47 Å². The number of alkyl halides is 1. The first-order chi connectivity index (χ1) is 6.62. The van der Waals surface area contributed by atoms with Gasteiger partial charge in [0.1, 0.15) is 0 Å². The molecule has 0 aliphatic carbocycles. The van der Waals surface area contributed by atoms with Crippen molar-refractivity contribution in [2.75, 3.05) is 25.7 Å². The Hall–Kier alpha value is 0.400. The molecule has 14 heavy (non-hydrogen) atoms. The summed E-state index contributed by atoms with van der Waals surface area (Å²) < 4.78 is 10.8. The van der Waals surface area contributed by atoms with Gasteiger partial charge in [0.05, 0.1) is 5.60 Å². The van der Waals surface area contributed by atoms with E-state index in [1.165, 1.54) is 19.3 Å². The third-order valence-corrected chi connectivity index (χ3v) is 2.88. The van der Waals surface area contributed by atoms with Crippen LogP contribution in [0.4, 0.5) is 0 Å². The van der Waals surface area contributed by atoms with Crippen molar-refractivity contribution in [3.05, 3.63) is 0 Å². The van der Waals surface area contributed by atoms with Gasteiger partial charge in [-0.2, -0.15) is 0 Å². The zero-order valence-electron chi connectivity index (χ0n) is 9.64. The molecule has 0 fully saturated rings. The molecule has 0 saturated carbocycles. The Kier molecular flexibility index (Phi) is 8.94. The summed E-state index contributed by atoms with van der Waals surface area (Å²) in [6.07, 6.45) is 4.62. The average Bonchev–Trinajstić information content (AvgIpc) is 2.16. The summed E-state index contributed by atoms with van der Waals surface area (Å²) >= 11 is 3.41. The monoisotopic (exact) mass is 266 g/mol. The van der Waals surface area contributed by atoms with Crippen molar-refractivity contribution in [1.82, 2.24) is 0 Å². The maximum absolute atomic E-state index is 5.52. The lowest BCUT2D eigenvalue weighted by Gasteiger charge is -2.22. The van der Waals surface area contributed by atoms with E-state index in [1.807, 2.05) is 0 Å². The lowest BCUT2D eigenvalue weighted by molar-refractivity contribution is -0.0101. The van der Waals surface area contributed by atoms with Crippen LogP contribution < -0.4 is 0 Å². The zero-order chi connectivity index (χ0) is 10.9. The molecule has 0 aromatic rings. The number of ether oxygens (including phenoxy) is 2. The van der Waals surface area contributed by atoms with Crippen molar-refractivity contribution >= 4 is 15.9 Å². The fourth-order valence-electron chi connectivity index (χ4n) is 0.997. The van der Waals surface area contributed by atoms with E-state index in [4.69, 9.17) is 9.47 Å². The minimum Gasteiger partial charge on any atom is -0.381 e. The quantitative estimate of drug-likeness (QED) is 0.471. The van der Waals surface area contributed by atoms with Gasteiger partial charge in [-0.1, -0.05) is 22.4 Å². The largest absolute Gasteiger partial charge is 0.381 e. The van der Waals surface area contributed by atoms with Crippen LogP contribution in [0.1, 0.15) is 39.5 Å². The van der Waals surface area contributed by atoms with Crippen LogP contribution in [0.15, 0.2) is 0 Å². The lowest BCUT2D eigenvalue weighted by atomic mass is 10.1. The minimum atomic E-state index is -0.0458. The molecule has 0 rings (SSSR count). The maximum Gasteiger partial charge on any atom is 0.0644 e. The highest BCUT2D eigenvalue weighted by Crippen LogP contribution is 2.12. The molecule has 3 heteroatoms. The minimum absolute atomic E-state index is 0.0458. The number of hydrogen-bond acceptors (Lipinski definition) is 2. The van der Waals surface area contributed by atoms with E-state index in [9.17, 15) is 0 Å². The summed E-state index contributed by atoms with van der Waals surface area (Å²) in [6, 6.07) is 0. The standard InChI is InChI=1S/C11H23BrO2/c1-11(2,13-3)7-10-14-9-6-4-5-8-12/h4-10H2,1-3H3. The van der Waals surface area contributed by atoms with Crippen molar-refractivity contribution < 1.29 is 9.47 Å². The van der Waals surface area contributed by atoms with Crippen molar-refractivity contribution in [3.8, 4) is 0 Å². The topological polar surface area (TPSA) is 18.5 Å². The molecule has 0 saturated heterocycles. The van der Waals surface area contributed by atoms with Gasteiger partial charge >= 0.3 is 0 Å². The van der Waals surface area contributed by atoms with E-state index in [-0.39, 0.29) is 5.60 Å². The first-order valence-electron chi connectivity index (χ1n) is 5.31. The smallest absolute Gasteiger partial charge is 0.0644 e. The Bertz CT molecular complexity index is 126. The fourth-order valence-corrected chi connectivity index (χ4v) is 1.39. The maximum atomic E-state index is 5.52. The van der Waals surface area contributed by atoms with Gasteiger partial charge in [0.15, 0.2) is 0 Å². The third-order valence-electron chi connectivity index (χ3n) is 2.32. The second kappa shape index (κ2) is 8.69. The summed E-state index contributed by atoms with van der Waals surface area (Å²) in [5, 5.41) is 1.10. The van der Waals surface area contributed by atoms with E-state index in [1.54, 1.807) is 7.11 Å². The molecule has 0 amide bonds. The molecule has 0 radical (unpaired) electrons. The normalized spacial score (nSPS) is 12.0. The number of hydrogen-bond donors (Lipinski definition) is 0. The second-order valence-electron chi connectivity index (χ2n) is 4.08. The van der Waals surface area contributed by atoms with Gasteiger partial charge in [-0.05, 0) is 33.1 Å². The van der Waals surface area contributed by atoms with Crippen molar-refractivity contribution in [1.29, 1.82) is 0 Å². The molecule has 0 unspecified atom stereocenters. The van der Waals surface area contributed by atoms with Crippen LogP contribution >= 0.6 is 15.9 Å². The van der Waals surface area contributed by atoms with Crippen LogP contribution in [0.3, 0.4) is 0 Å². The second-order valence-corrected chi connectivity index (χ2v) is 4.87. The van der Waals surface area contributed by atoms with Gasteiger partial charge in [-0.25, -0.2) is 0 Å². The van der Waals surface area contributed by atoms with Crippen LogP contribution in [0.5, 0.6) is 0 Å². The first-order valence-corrected chi connectivity index (χ1v) is 6.43. The van der Waals surface area contributed by atoms with Gasteiger partial charge in [-0.15, -0.1) is 0 Å². The number of halogens is 1. The molecule has 0 heterocycles. The van der Waals surface area contributed by atoms with Gasteiger partial charge in [-0.3, -0.25) is 0 Å². The first kappa shape index (κ1) is 14.4. The van der Waals surface area contributed by atoms with Crippen molar-refractivity contribution in [3.63, 3.8) is 0 Å². The predicted molar refractivity (Wildman–Crippen MR) is 64.2 cm³/mol. The van der Waals surface area contributed by atoms with Crippen LogP contribution in [0.2, 0.25) is 0 Å². The number of rotatable bonds is 9. The molecule has 0 aliphatic heterocycles. The van der Waals surface area contributed by atoms with Gasteiger partial charge < -0.3 is 9.47 Å². The lowest BCUT2D eigenvalue weighted by Crippen LogP contribution is -2.24. The molecule has 86 valence electrons. The summed E-state index contributed by atoms with van der Waals surface area (Å²) in [7, 11) is 1.75. The van der Waals surface area contributed by atoms with E-state index in [0.29, 0.717) is 0 Å². The van der Waals surface area contributed by atoms with Gasteiger partial charge in [0.25, 0.3) is 0 Å². The van der Waals surface area contributed by atoms with Crippen LogP contribution in [0.25, 0.3) is 0 Å². The third kappa shape index (κ3) is 8.97. The Labute approximate surface area is 96.5 Å². The SMILES string of the molecule is COC(C)(C)CCOCCCCCBr. The molecular weight excluding hydrogens is 244 g/mol. The number of methoxy groups -OCH3 is 1. The van der Waals surface area contributed by atoms with E-state index in [2.05, 4.69) is 29.8 Å². The molecule has 0 spiro atoms. The fraction of sp³-hybridized carbons (Fsp3) is 1.00. The molecule has 0 N–H and O–H groups in total. The molecule has 0 bridgehead atoms. The zero-order valence-corrected chi connectivity index (χ0v) is 11.2. The molecule has 0 aromatic carbocycles. The Morgan fingerprint density at radius 1 is 1.07 bits per heavy atom. The number of unbranched alkanes of at least 4 members (excludes halogenated alkanes) is 2. The van der Waals surface area contributed by atoms with Crippen LogP contribution in [0, 0.1) is 0 Å². The van der Waals surface area contributed by atoms with Crippen molar-refractivity contribution in [2.45, 2.75) is 45.1 Å². The summed E-state index contributed by atoms with van der Waals surface area (Å²) in [4.78, 5) is 0. The molecular formula is C11H23BrO2. The van der Waals surface area contributed by atoms with Gasteiger partial charge in [0.2, 0.25) is 0 Å². The van der Waals surface area contributed by atoms with E-state index < -0.39 is 0 Å². The highest BCUT2D eigenvalue weighted by Gasteiger charge is 2.15. The van der Waals surface area contributed by atoms with E-state index >= 15 is 0 Å². The Morgan fingerprint density at radius 2 is 1.79 bits per heavy atom. The molecule has 0 aromatic heterocycles. The predicted octanol–water partition coefficient (Wildman–Crippen LogP) is 3.38. The summed E-state index contributed by atoms with van der Waals surface area (Å²) in [6.45, 7) is 5.85. The highest BCUT2D eigenvalue weighted by atomic mass is 79.9. The summed E-state index contributed by atoms with van der Waals surface area (Å²) in [5.41, 5.74) is -0.0458. The van der Waals surface area contributed by atoms with E-state index in [0.717, 1.165) is 25.0 Å². The molecule has 0 aliphatic rings. The Balaban J connectivity index is 3.13.